The summed E-state index contributed by atoms with van der Waals surface area (Å²) in [6, 6.07) is 0. The molecule has 0 aromatic carbocycles. The van der Waals surface area contributed by atoms with E-state index in [0.717, 1.165) is 32.4 Å². The standard InChI is InChI=1S/C17H28N2OS/c1-4-10-18-17(9-11-20-16(2,3)12-17)15-19-13-7-5-6-8-14(13)21-15/h18H,4-12H2,1-3H3. The van der Waals surface area contributed by atoms with E-state index >= 15 is 0 Å². The number of rotatable bonds is 4. The smallest absolute Gasteiger partial charge is 0.113 e. The van der Waals surface area contributed by atoms with Gasteiger partial charge >= 0.3 is 0 Å². The number of nitrogens with one attached hydrogen (secondary N) is 1. The zero-order chi connectivity index (χ0) is 14.9. The molecule has 0 radical (unpaired) electrons. The number of thiazole rings is 1. The van der Waals surface area contributed by atoms with Gasteiger partial charge < -0.3 is 10.1 Å². The van der Waals surface area contributed by atoms with Gasteiger partial charge in [-0.3, -0.25) is 0 Å². The highest BCUT2D eigenvalue weighted by Gasteiger charge is 2.44. The first-order valence-corrected chi connectivity index (χ1v) is 9.24. The van der Waals surface area contributed by atoms with Crippen molar-refractivity contribution in [3.05, 3.63) is 15.6 Å². The van der Waals surface area contributed by atoms with Gasteiger partial charge in [-0.05, 0) is 58.9 Å². The topological polar surface area (TPSA) is 34.2 Å². The lowest BCUT2D eigenvalue weighted by Crippen LogP contribution is -2.52. The van der Waals surface area contributed by atoms with Gasteiger partial charge in [0.15, 0.2) is 0 Å². The summed E-state index contributed by atoms with van der Waals surface area (Å²) >= 11 is 1.96. The first-order valence-electron chi connectivity index (χ1n) is 8.43. The Balaban J connectivity index is 1.92. The predicted octanol–water partition coefficient (Wildman–Crippen LogP) is 3.81. The molecule has 0 amide bonds. The zero-order valence-corrected chi connectivity index (χ0v) is 14.4. The maximum Gasteiger partial charge on any atom is 0.113 e. The molecule has 1 aromatic heterocycles. The Labute approximate surface area is 132 Å². The third kappa shape index (κ3) is 3.17. The molecule has 1 aliphatic carbocycles. The molecule has 0 bridgehead atoms. The molecule has 1 atom stereocenters. The molecule has 3 nitrogen and oxygen atoms in total. The van der Waals surface area contributed by atoms with Crippen LogP contribution in [-0.2, 0) is 23.1 Å². The van der Waals surface area contributed by atoms with Crippen molar-refractivity contribution in [1.82, 2.24) is 10.3 Å². The second-order valence-corrected chi connectivity index (χ2v) is 8.22. The fourth-order valence-corrected chi connectivity index (χ4v) is 5.04. The van der Waals surface area contributed by atoms with Crippen molar-refractivity contribution in [3.8, 4) is 0 Å². The van der Waals surface area contributed by atoms with Crippen LogP contribution in [0.3, 0.4) is 0 Å². The van der Waals surface area contributed by atoms with Crippen molar-refractivity contribution < 1.29 is 4.74 Å². The monoisotopic (exact) mass is 308 g/mol. The molecule has 21 heavy (non-hydrogen) atoms. The SMILES string of the molecule is CCCNC1(c2nc3c(s2)CCCC3)CCOC(C)(C)C1. The zero-order valence-electron chi connectivity index (χ0n) is 13.6. The van der Waals surface area contributed by atoms with Gasteiger partial charge in [0.25, 0.3) is 0 Å². The minimum atomic E-state index is -0.0643. The molecule has 1 aromatic rings. The molecular formula is C17H28N2OS. The summed E-state index contributed by atoms with van der Waals surface area (Å²) in [5.41, 5.74) is 1.34. The largest absolute Gasteiger partial charge is 0.375 e. The van der Waals surface area contributed by atoms with Gasteiger partial charge in [0.05, 0.1) is 16.8 Å². The number of aromatic nitrogens is 1. The van der Waals surface area contributed by atoms with Crippen LogP contribution in [0.1, 0.15) is 68.5 Å². The number of aryl methyl sites for hydroxylation is 2. The number of nitrogens with zero attached hydrogens (tertiary/aromatic N) is 1. The third-order valence-electron chi connectivity index (χ3n) is 4.72. The molecule has 0 spiro atoms. The normalized spacial score (nSPS) is 28.3. The molecule has 3 rings (SSSR count). The van der Waals surface area contributed by atoms with Crippen molar-refractivity contribution in [2.24, 2.45) is 0 Å². The highest BCUT2D eigenvalue weighted by molar-refractivity contribution is 7.11. The van der Waals surface area contributed by atoms with Crippen molar-refractivity contribution in [1.29, 1.82) is 0 Å². The highest BCUT2D eigenvalue weighted by atomic mass is 32.1. The Morgan fingerprint density at radius 2 is 2.10 bits per heavy atom. The van der Waals surface area contributed by atoms with Crippen LogP contribution in [0.25, 0.3) is 0 Å². The lowest BCUT2D eigenvalue weighted by Gasteiger charge is -2.44. The van der Waals surface area contributed by atoms with Crippen molar-refractivity contribution in [2.45, 2.75) is 76.9 Å². The molecular weight excluding hydrogens is 280 g/mol. The minimum absolute atomic E-state index is 0.0275. The van der Waals surface area contributed by atoms with E-state index in [-0.39, 0.29) is 11.1 Å². The Morgan fingerprint density at radius 1 is 1.29 bits per heavy atom. The van der Waals surface area contributed by atoms with E-state index < -0.39 is 0 Å². The minimum Gasteiger partial charge on any atom is -0.375 e. The summed E-state index contributed by atoms with van der Waals surface area (Å²) in [5, 5.41) is 5.15. The second kappa shape index (κ2) is 5.98. The van der Waals surface area contributed by atoms with Gasteiger partial charge in [0.1, 0.15) is 5.01 Å². The first-order chi connectivity index (χ1) is 10.0. The van der Waals surface area contributed by atoms with Crippen LogP contribution < -0.4 is 5.32 Å². The average Bonchev–Trinajstić information content (AvgIpc) is 2.88. The van der Waals surface area contributed by atoms with Gasteiger partial charge in [0.2, 0.25) is 0 Å². The summed E-state index contributed by atoms with van der Waals surface area (Å²) in [5.74, 6) is 0. The number of hydrogen-bond acceptors (Lipinski definition) is 4. The molecule has 0 saturated carbocycles. The lowest BCUT2D eigenvalue weighted by atomic mass is 9.81. The molecule has 2 heterocycles. The van der Waals surface area contributed by atoms with E-state index in [1.54, 1.807) is 4.88 Å². The van der Waals surface area contributed by atoms with E-state index in [9.17, 15) is 0 Å². The van der Waals surface area contributed by atoms with E-state index in [0.29, 0.717) is 0 Å². The van der Waals surface area contributed by atoms with Crippen LogP contribution in [-0.4, -0.2) is 23.7 Å². The molecule has 118 valence electrons. The molecule has 1 fully saturated rings. The van der Waals surface area contributed by atoms with Crippen LogP contribution in [0.5, 0.6) is 0 Å². The quantitative estimate of drug-likeness (QED) is 0.918. The molecule has 1 N–H and O–H groups in total. The fourth-order valence-electron chi connectivity index (χ4n) is 3.70. The van der Waals surface area contributed by atoms with E-state index in [1.165, 1.54) is 36.4 Å². The van der Waals surface area contributed by atoms with Crippen LogP contribution in [0.4, 0.5) is 0 Å². The van der Waals surface area contributed by atoms with Crippen molar-refractivity contribution >= 4 is 11.3 Å². The van der Waals surface area contributed by atoms with Crippen LogP contribution >= 0.6 is 11.3 Å². The van der Waals surface area contributed by atoms with Gasteiger partial charge in [-0.1, -0.05) is 6.92 Å². The summed E-state index contributed by atoms with van der Waals surface area (Å²) in [7, 11) is 0. The maximum absolute atomic E-state index is 5.96. The molecule has 1 saturated heterocycles. The highest BCUT2D eigenvalue weighted by Crippen LogP contribution is 2.42. The molecule has 4 heteroatoms. The molecule has 1 aliphatic heterocycles. The average molecular weight is 308 g/mol. The second-order valence-electron chi connectivity index (χ2n) is 7.14. The van der Waals surface area contributed by atoms with Crippen LogP contribution in [0, 0.1) is 0 Å². The summed E-state index contributed by atoms with van der Waals surface area (Å²) in [6.45, 7) is 8.54. The van der Waals surface area contributed by atoms with Gasteiger partial charge in [0, 0.05) is 17.9 Å². The number of fused-ring (bicyclic) bond motifs is 1. The maximum atomic E-state index is 5.96. The fraction of sp³-hybridized carbons (Fsp3) is 0.824. The summed E-state index contributed by atoms with van der Waals surface area (Å²) < 4.78 is 5.96. The summed E-state index contributed by atoms with van der Waals surface area (Å²) in [4.78, 5) is 6.61. The Hall–Kier alpha value is -0.450. The number of hydrogen-bond donors (Lipinski definition) is 1. The van der Waals surface area contributed by atoms with Crippen LogP contribution in [0.15, 0.2) is 0 Å². The lowest BCUT2D eigenvalue weighted by molar-refractivity contribution is -0.0897. The van der Waals surface area contributed by atoms with Gasteiger partial charge in [-0.2, -0.15) is 0 Å². The Bertz CT molecular complexity index is 473. The third-order valence-corrected chi connectivity index (χ3v) is 6.08. The van der Waals surface area contributed by atoms with Crippen molar-refractivity contribution in [2.75, 3.05) is 13.2 Å². The number of ether oxygens (including phenoxy) is 1. The Kier molecular flexibility index (Phi) is 4.40. The van der Waals surface area contributed by atoms with E-state index in [2.05, 4.69) is 26.1 Å². The van der Waals surface area contributed by atoms with Gasteiger partial charge in [-0.25, -0.2) is 4.98 Å². The van der Waals surface area contributed by atoms with E-state index in [4.69, 9.17) is 9.72 Å². The molecule has 1 unspecified atom stereocenters. The van der Waals surface area contributed by atoms with Crippen molar-refractivity contribution in [3.63, 3.8) is 0 Å². The van der Waals surface area contributed by atoms with E-state index in [1.807, 2.05) is 11.3 Å². The molecule has 2 aliphatic rings. The van der Waals surface area contributed by atoms with Crippen LogP contribution in [0.2, 0.25) is 0 Å². The Morgan fingerprint density at radius 3 is 2.81 bits per heavy atom. The summed E-state index contributed by atoms with van der Waals surface area (Å²) in [6.07, 6.45) is 8.27. The first kappa shape index (κ1) is 15.4. The van der Waals surface area contributed by atoms with Gasteiger partial charge in [-0.15, -0.1) is 11.3 Å². The predicted molar refractivity (Wildman–Crippen MR) is 88.0 cm³/mol.